The number of hydrogen-bond donors (Lipinski definition) is 0. The molecule has 0 atom stereocenters. The van der Waals surface area contributed by atoms with Crippen LogP contribution in [0.3, 0.4) is 0 Å². The number of para-hydroxylation sites is 5. The minimum absolute atomic E-state index is 0.381. The van der Waals surface area contributed by atoms with E-state index in [0.717, 1.165) is 55.3 Å². The predicted molar refractivity (Wildman–Crippen MR) is 203 cm³/mol. The molecule has 6 aromatic carbocycles. The van der Waals surface area contributed by atoms with Crippen molar-refractivity contribution in [2.75, 3.05) is 0 Å². The average molecular weight is 645 g/mol. The highest BCUT2D eigenvalue weighted by Crippen LogP contribution is 2.39. The van der Waals surface area contributed by atoms with E-state index < -0.39 is 0 Å². The molecular formula is C44H32N6. The minimum Gasteiger partial charge on any atom is -0.309 e. The molecule has 0 amide bonds. The summed E-state index contributed by atoms with van der Waals surface area (Å²) >= 11 is 0. The van der Waals surface area contributed by atoms with Crippen molar-refractivity contribution in [2.45, 2.75) is 26.2 Å². The molecule has 9 rings (SSSR count). The largest absolute Gasteiger partial charge is 0.309 e. The first kappa shape index (κ1) is 29.6. The fourth-order valence-corrected chi connectivity index (χ4v) is 7.15. The van der Waals surface area contributed by atoms with Gasteiger partial charge in [0, 0.05) is 38.1 Å². The van der Waals surface area contributed by atoms with Gasteiger partial charge in [-0.1, -0.05) is 106 Å². The van der Waals surface area contributed by atoms with Crippen molar-refractivity contribution >= 4 is 43.6 Å². The molecule has 0 saturated heterocycles. The summed E-state index contributed by atoms with van der Waals surface area (Å²) in [6.45, 7) is 6.36. The number of fused-ring (bicyclic) bond motifs is 6. The lowest BCUT2D eigenvalue weighted by Crippen LogP contribution is -2.18. The highest BCUT2D eigenvalue weighted by Gasteiger charge is 2.25. The number of rotatable bonds is 4. The van der Waals surface area contributed by atoms with Crippen molar-refractivity contribution in [3.05, 3.63) is 151 Å². The Morgan fingerprint density at radius 2 is 0.900 bits per heavy atom. The molecule has 238 valence electrons. The lowest BCUT2D eigenvalue weighted by molar-refractivity contribution is 0.543. The zero-order chi connectivity index (χ0) is 34.0. The summed E-state index contributed by atoms with van der Waals surface area (Å²) in [6, 6.07) is 50.3. The van der Waals surface area contributed by atoms with E-state index in [-0.39, 0.29) is 5.41 Å². The smallest absolute Gasteiger partial charge is 0.165 e. The van der Waals surface area contributed by atoms with Crippen LogP contribution in [0.2, 0.25) is 0 Å². The molecule has 0 saturated carbocycles. The third-order valence-electron chi connectivity index (χ3n) is 9.46. The van der Waals surface area contributed by atoms with Crippen molar-refractivity contribution in [3.63, 3.8) is 0 Å². The molecule has 6 nitrogen and oxygen atoms in total. The van der Waals surface area contributed by atoms with E-state index in [1.807, 2.05) is 24.3 Å². The molecule has 0 fully saturated rings. The summed E-state index contributed by atoms with van der Waals surface area (Å²) < 4.78 is 4.56. The minimum atomic E-state index is -0.381. The number of nitriles is 1. The van der Waals surface area contributed by atoms with Gasteiger partial charge in [0.15, 0.2) is 11.6 Å². The quantitative estimate of drug-likeness (QED) is 0.191. The highest BCUT2D eigenvalue weighted by atomic mass is 15.1. The monoisotopic (exact) mass is 644 g/mol. The second-order valence-electron chi connectivity index (χ2n) is 13.7. The Bertz CT molecular complexity index is 2720. The van der Waals surface area contributed by atoms with Crippen molar-refractivity contribution in [1.82, 2.24) is 24.1 Å². The Kier molecular flexibility index (Phi) is 6.65. The van der Waals surface area contributed by atoms with Crippen LogP contribution in [0.25, 0.3) is 77.8 Å². The van der Waals surface area contributed by atoms with E-state index >= 15 is 0 Å². The van der Waals surface area contributed by atoms with E-state index in [1.54, 1.807) is 0 Å². The number of aromatic nitrogens is 5. The molecule has 0 N–H and O–H groups in total. The summed E-state index contributed by atoms with van der Waals surface area (Å²) in [6.07, 6.45) is 0. The molecule has 0 radical (unpaired) electrons. The SMILES string of the molecule is CC(C)(C)c1nc(-c2ccccc2-n2c3ccccc3c3ccccc32)nc(-c2cc(C#N)ccc2-n2c3ccccc3c3ccccc32)n1. The summed E-state index contributed by atoms with van der Waals surface area (Å²) in [5.74, 6) is 1.77. The highest BCUT2D eigenvalue weighted by molar-refractivity contribution is 6.10. The normalized spacial score (nSPS) is 11.9. The first-order chi connectivity index (χ1) is 24.4. The second kappa shape index (κ2) is 11.3. The van der Waals surface area contributed by atoms with Crippen LogP contribution >= 0.6 is 0 Å². The van der Waals surface area contributed by atoms with Gasteiger partial charge in [-0.2, -0.15) is 5.26 Å². The molecule has 0 aliphatic heterocycles. The number of hydrogen-bond acceptors (Lipinski definition) is 4. The number of nitrogens with zero attached hydrogens (tertiary/aromatic N) is 6. The summed E-state index contributed by atoms with van der Waals surface area (Å²) in [7, 11) is 0. The molecule has 0 spiro atoms. The molecule has 9 aromatic rings. The van der Waals surface area contributed by atoms with Crippen LogP contribution in [0.1, 0.15) is 32.2 Å². The van der Waals surface area contributed by atoms with Crippen LogP contribution in [0.15, 0.2) is 140 Å². The average Bonchev–Trinajstić information content (AvgIpc) is 3.67. The van der Waals surface area contributed by atoms with Gasteiger partial charge in [0.2, 0.25) is 0 Å². The summed E-state index contributed by atoms with van der Waals surface area (Å²) in [5.41, 5.74) is 8.06. The third kappa shape index (κ3) is 4.59. The Balaban J connectivity index is 1.34. The Labute approximate surface area is 289 Å². The molecule has 6 heteroatoms. The van der Waals surface area contributed by atoms with Gasteiger partial charge in [0.05, 0.1) is 45.1 Å². The molecule has 0 bridgehead atoms. The zero-order valence-electron chi connectivity index (χ0n) is 28.0. The van der Waals surface area contributed by atoms with Crippen LogP contribution in [0.4, 0.5) is 0 Å². The zero-order valence-corrected chi connectivity index (χ0v) is 28.0. The van der Waals surface area contributed by atoms with E-state index in [1.165, 1.54) is 10.8 Å². The maximum absolute atomic E-state index is 10.1. The molecular weight excluding hydrogens is 613 g/mol. The van der Waals surface area contributed by atoms with Crippen molar-refractivity contribution in [3.8, 4) is 40.2 Å². The predicted octanol–water partition coefficient (Wildman–Crippen LogP) is 10.6. The molecule has 50 heavy (non-hydrogen) atoms. The molecule has 0 aliphatic rings. The molecule has 3 heterocycles. The molecule has 0 aliphatic carbocycles. The standard InChI is InChI=1S/C44H32N6/c1-44(2,3)43-47-41(33-18-8-13-23-39(33)49-35-19-9-4-14-29(35)30-15-5-10-20-36(30)49)46-42(48-43)34-26-28(27-45)24-25-40(34)50-37-21-11-6-16-31(37)32-17-7-12-22-38(32)50/h4-26H,1-3H3. The Morgan fingerprint density at radius 3 is 1.38 bits per heavy atom. The first-order valence-corrected chi connectivity index (χ1v) is 16.8. The fourth-order valence-electron chi connectivity index (χ4n) is 7.15. The summed E-state index contributed by atoms with van der Waals surface area (Å²) in [4.78, 5) is 15.6. The second-order valence-corrected chi connectivity index (χ2v) is 13.7. The van der Waals surface area contributed by atoms with Crippen molar-refractivity contribution in [2.24, 2.45) is 0 Å². The van der Waals surface area contributed by atoms with Gasteiger partial charge in [-0.25, -0.2) is 15.0 Å². The number of benzene rings is 6. The van der Waals surface area contributed by atoms with Crippen LogP contribution in [0.5, 0.6) is 0 Å². The van der Waals surface area contributed by atoms with Crippen molar-refractivity contribution in [1.29, 1.82) is 5.26 Å². The van der Waals surface area contributed by atoms with Crippen LogP contribution in [-0.4, -0.2) is 24.1 Å². The maximum Gasteiger partial charge on any atom is 0.165 e. The first-order valence-electron chi connectivity index (χ1n) is 16.8. The third-order valence-corrected chi connectivity index (χ3v) is 9.46. The topological polar surface area (TPSA) is 72.3 Å². The molecule has 0 unspecified atom stereocenters. The van der Waals surface area contributed by atoms with Crippen LogP contribution in [0, 0.1) is 11.3 Å². The van der Waals surface area contributed by atoms with Gasteiger partial charge in [0.25, 0.3) is 0 Å². The van der Waals surface area contributed by atoms with Gasteiger partial charge in [-0.05, 0) is 54.6 Å². The molecule has 3 aromatic heterocycles. The van der Waals surface area contributed by atoms with Gasteiger partial charge < -0.3 is 9.13 Å². The van der Waals surface area contributed by atoms with Gasteiger partial charge in [-0.15, -0.1) is 0 Å². The van der Waals surface area contributed by atoms with Gasteiger partial charge in [-0.3, -0.25) is 0 Å². The maximum atomic E-state index is 10.1. The summed E-state index contributed by atoms with van der Waals surface area (Å²) in [5, 5.41) is 14.8. The Morgan fingerprint density at radius 1 is 0.480 bits per heavy atom. The fraction of sp³-hybridized carbons (Fsp3) is 0.0909. The van der Waals surface area contributed by atoms with Crippen molar-refractivity contribution < 1.29 is 0 Å². The van der Waals surface area contributed by atoms with Crippen LogP contribution in [-0.2, 0) is 5.41 Å². The van der Waals surface area contributed by atoms with E-state index in [2.05, 4.69) is 151 Å². The lowest BCUT2D eigenvalue weighted by atomic mass is 9.95. The Hall–Kier alpha value is -6.58. The van der Waals surface area contributed by atoms with E-state index in [4.69, 9.17) is 15.0 Å². The van der Waals surface area contributed by atoms with Gasteiger partial charge >= 0.3 is 0 Å². The van der Waals surface area contributed by atoms with Gasteiger partial charge in [0.1, 0.15) is 5.82 Å². The van der Waals surface area contributed by atoms with E-state index in [0.29, 0.717) is 23.0 Å². The van der Waals surface area contributed by atoms with E-state index in [9.17, 15) is 5.26 Å². The lowest BCUT2D eigenvalue weighted by Gasteiger charge is -2.20. The van der Waals surface area contributed by atoms with Crippen LogP contribution < -0.4 is 0 Å².